The van der Waals surface area contributed by atoms with Crippen LogP contribution < -0.4 is 5.73 Å². The van der Waals surface area contributed by atoms with Crippen LogP contribution >= 0.6 is 34.9 Å². The largest absolute Gasteiger partial charge is 0.481 e. The van der Waals surface area contributed by atoms with Crippen LogP contribution in [-0.2, 0) is 9.59 Å². The standard InChI is InChI=1S/C13H18N4O3S3/c1-6(2)8-15-16-12(23-8)22-5-13(11(19)20)3-17-9(18)7(14)10(17)21-4-13/h6-7,10H,3-5,14H2,1-2H3,(H,19,20)/t7?,10-,13?/m1/s1. The Bertz CT molecular complexity index is 638. The SMILES string of the molecule is CC(C)c1nnc(SCC2(C(=O)O)CS[C@@H]3C(N)C(=O)N3C2)s1. The number of hydrogen-bond acceptors (Lipinski definition) is 8. The van der Waals surface area contributed by atoms with Gasteiger partial charge in [0.1, 0.15) is 21.8 Å². The third-order valence-corrected chi connectivity index (χ3v) is 8.28. The van der Waals surface area contributed by atoms with Gasteiger partial charge in [0, 0.05) is 24.0 Å². The molecule has 3 rings (SSSR count). The minimum absolute atomic E-state index is 0.0750. The van der Waals surface area contributed by atoms with Crippen molar-refractivity contribution in [2.75, 3.05) is 18.1 Å². The summed E-state index contributed by atoms with van der Waals surface area (Å²) in [6, 6.07) is -0.490. The second kappa shape index (κ2) is 6.23. The molecule has 0 radical (unpaired) electrons. The van der Waals surface area contributed by atoms with Crippen molar-refractivity contribution >= 4 is 46.7 Å². The Labute approximate surface area is 146 Å². The predicted molar refractivity (Wildman–Crippen MR) is 90.7 cm³/mol. The Morgan fingerprint density at radius 2 is 2.30 bits per heavy atom. The first-order chi connectivity index (χ1) is 10.8. The van der Waals surface area contributed by atoms with Gasteiger partial charge in [-0.2, -0.15) is 0 Å². The fourth-order valence-corrected chi connectivity index (χ4v) is 6.20. The lowest BCUT2D eigenvalue weighted by molar-refractivity contribution is -0.155. The maximum absolute atomic E-state index is 11.8. The van der Waals surface area contributed by atoms with Crippen LogP contribution in [0.3, 0.4) is 0 Å². The van der Waals surface area contributed by atoms with E-state index in [-0.39, 0.29) is 17.8 Å². The Balaban J connectivity index is 1.69. The molecule has 1 amide bonds. The van der Waals surface area contributed by atoms with Gasteiger partial charge in [-0.15, -0.1) is 22.0 Å². The fourth-order valence-electron chi connectivity index (χ4n) is 2.52. The Hall–Kier alpha value is -0.840. The van der Waals surface area contributed by atoms with Gasteiger partial charge in [0.15, 0.2) is 4.34 Å². The number of carbonyl (C=O) groups excluding carboxylic acids is 1. The highest BCUT2D eigenvalue weighted by atomic mass is 32.2. The van der Waals surface area contributed by atoms with Crippen LogP contribution in [0.2, 0.25) is 0 Å². The summed E-state index contributed by atoms with van der Waals surface area (Å²) in [4.78, 5) is 25.3. The van der Waals surface area contributed by atoms with Gasteiger partial charge in [-0.25, -0.2) is 0 Å². The van der Waals surface area contributed by atoms with Crippen LogP contribution in [0.25, 0.3) is 0 Å². The van der Waals surface area contributed by atoms with Gasteiger partial charge in [-0.1, -0.05) is 36.9 Å². The smallest absolute Gasteiger partial charge is 0.313 e. The van der Waals surface area contributed by atoms with Crippen LogP contribution in [0.4, 0.5) is 0 Å². The zero-order valence-electron chi connectivity index (χ0n) is 12.8. The van der Waals surface area contributed by atoms with Crippen molar-refractivity contribution < 1.29 is 14.7 Å². The lowest BCUT2D eigenvalue weighted by Crippen LogP contribution is -2.72. The molecule has 3 atom stereocenters. The summed E-state index contributed by atoms with van der Waals surface area (Å²) in [5.41, 5.74) is 4.79. The molecule has 0 aliphatic carbocycles. The molecule has 2 fully saturated rings. The van der Waals surface area contributed by atoms with Gasteiger partial charge >= 0.3 is 5.97 Å². The summed E-state index contributed by atoms with van der Waals surface area (Å²) >= 11 is 4.36. The lowest BCUT2D eigenvalue weighted by Gasteiger charge is -2.52. The number of hydrogen-bond donors (Lipinski definition) is 2. The van der Waals surface area contributed by atoms with Crippen LogP contribution in [0.1, 0.15) is 24.8 Å². The number of carboxylic acids is 1. The number of fused-ring (bicyclic) bond motifs is 1. The van der Waals surface area contributed by atoms with Crippen molar-refractivity contribution in [1.29, 1.82) is 0 Å². The Morgan fingerprint density at radius 1 is 1.57 bits per heavy atom. The number of nitrogens with zero attached hydrogens (tertiary/aromatic N) is 3. The average molecular weight is 375 g/mol. The van der Waals surface area contributed by atoms with Crippen LogP contribution in [0, 0.1) is 5.41 Å². The first-order valence-electron chi connectivity index (χ1n) is 7.21. The van der Waals surface area contributed by atoms with Crippen molar-refractivity contribution in [2.45, 2.75) is 35.5 Å². The molecule has 10 heteroatoms. The highest BCUT2D eigenvalue weighted by Crippen LogP contribution is 2.44. The van der Waals surface area contributed by atoms with Gasteiger partial charge < -0.3 is 15.7 Å². The number of thioether (sulfide) groups is 2. The molecule has 0 saturated carbocycles. The molecule has 1 aromatic rings. The quantitative estimate of drug-likeness (QED) is 0.582. The lowest BCUT2D eigenvalue weighted by atomic mass is 9.89. The molecule has 2 aliphatic rings. The zero-order chi connectivity index (χ0) is 16.8. The van der Waals surface area contributed by atoms with E-state index in [0.717, 1.165) is 9.35 Å². The van der Waals surface area contributed by atoms with Crippen molar-refractivity contribution in [3.8, 4) is 0 Å². The molecule has 2 aliphatic heterocycles. The molecular weight excluding hydrogens is 356 g/mol. The van der Waals surface area contributed by atoms with Gasteiger partial charge in [-0.05, 0) is 0 Å². The Morgan fingerprint density at radius 3 is 2.91 bits per heavy atom. The molecule has 23 heavy (non-hydrogen) atoms. The molecule has 0 spiro atoms. The Kier molecular flexibility index (Phi) is 4.60. The third-order valence-electron chi connectivity index (χ3n) is 4.03. The first kappa shape index (κ1) is 17.0. The van der Waals surface area contributed by atoms with E-state index < -0.39 is 17.4 Å². The summed E-state index contributed by atoms with van der Waals surface area (Å²) in [5, 5.41) is 18.8. The molecule has 0 aromatic carbocycles. The first-order valence-corrected chi connectivity index (χ1v) is 10.1. The summed E-state index contributed by atoms with van der Waals surface area (Å²) in [6.45, 7) is 4.31. The predicted octanol–water partition coefficient (Wildman–Crippen LogP) is 1.07. The van der Waals surface area contributed by atoms with Crippen molar-refractivity contribution in [3.63, 3.8) is 0 Å². The van der Waals surface area contributed by atoms with E-state index >= 15 is 0 Å². The van der Waals surface area contributed by atoms with Gasteiger partial charge in [0.05, 0.1) is 0 Å². The molecule has 126 valence electrons. The molecule has 7 nitrogen and oxygen atoms in total. The van der Waals surface area contributed by atoms with E-state index in [0.29, 0.717) is 17.4 Å². The normalized spacial score (nSPS) is 30.3. The van der Waals surface area contributed by atoms with E-state index in [1.165, 1.54) is 34.9 Å². The second-order valence-corrected chi connectivity index (χ2v) is 9.47. The van der Waals surface area contributed by atoms with Crippen molar-refractivity contribution in [2.24, 2.45) is 11.1 Å². The number of aromatic nitrogens is 2. The molecular formula is C13H18N4O3S3. The number of amides is 1. The molecule has 2 saturated heterocycles. The van der Waals surface area contributed by atoms with E-state index in [2.05, 4.69) is 10.2 Å². The number of aliphatic carboxylic acids is 1. The van der Waals surface area contributed by atoms with Crippen LogP contribution in [0.15, 0.2) is 4.34 Å². The van der Waals surface area contributed by atoms with E-state index in [1.54, 1.807) is 4.90 Å². The third kappa shape index (κ3) is 2.97. The molecule has 3 N–H and O–H groups in total. The number of nitrogens with two attached hydrogens (primary N) is 1. The fraction of sp³-hybridized carbons (Fsp3) is 0.692. The maximum atomic E-state index is 11.8. The molecule has 2 unspecified atom stereocenters. The zero-order valence-corrected chi connectivity index (χ0v) is 15.2. The van der Waals surface area contributed by atoms with Crippen LogP contribution in [0.5, 0.6) is 0 Å². The van der Waals surface area contributed by atoms with Gasteiger partial charge in [-0.3, -0.25) is 9.59 Å². The molecule has 1 aromatic heterocycles. The van der Waals surface area contributed by atoms with E-state index in [9.17, 15) is 14.7 Å². The van der Waals surface area contributed by atoms with E-state index in [4.69, 9.17) is 5.73 Å². The topological polar surface area (TPSA) is 109 Å². The number of rotatable bonds is 5. The monoisotopic (exact) mass is 374 g/mol. The molecule has 0 bridgehead atoms. The van der Waals surface area contributed by atoms with Crippen molar-refractivity contribution in [3.05, 3.63) is 5.01 Å². The summed E-state index contributed by atoms with van der Waals surface area (Å²) in [7, 11) is 0. The summed E-state index contributed by atoms with van der Waals surface area (Å²) < 4.78 is 0.771. The highest BCUT2D eigenvalue weighted by molar-refractivity contribution is 8.01. The van der Waals surface area contributed by atoms with Gasteiger partial charge in [0.2, 0.25) is 5.91 Å². The average Bonchev–Trinajstić information content (AvgIpc) is 3.01. The number of carboxylic acid groups (broad SMARTS) is 1. The minimum Gasteiger partial charge on any atom is -0.481 e. The van der Waals surface area contributed by atoms with Crippen molar-refractivity contribution in [1.82, 2.24) is 15.1 Å². The second-order valence-electron chi connectivity index (χ2n) is 6.13. The summed E-state index contributed by atoms with van der Waals surface area (Å²) in [6.07, 6.45) is 0. The highest BCUT2D eigenvalue weighted by Gasteiger charge is 2.55. The number of β-lactam (4-membered cyclic amide) rings is 1. The van der Waals surface area contributed by atoms with Crippen LogP contribution in [-0.4, -0.2) is 61.5 Å². The summed E-state index contributed by atoms with van der Waals surface area (Å²) in [5.74, 6) is 0.0938. The molecule has 3 heterocycles. The van der Waals surface area contributed by atoms with Gasteiger partial charge in [0.25, 0.3) is 0 Å². The number of carbonyl (C=O) groups is 2. The maximum Gasteiger partial charge on any atom is 0.313 e. The van der Waals surface area contributed by atoms with E-state index in [1.807, 2.05) is 13.8 Å². The minimum atomic E-state index is -0.967.